The number of amides is 1. The van der Waals surface area contributed by atoms with Crippen molar-refractivity contribution in [1.82, 2.24) is 0 Å². The molecule has 2 rings (SSSR count). The van der Waals surface area contributed by atoms with Crippen molar-refractivity contribution < 1.29 is 32.6 Å². The summed E-state index contributed by atoms with van der Waals surface area (Å²) in [6, 6.07) is 5.97. The van der Waals surface area contributed by atoms with Gasteiger partial charge in [-0.2, -0.15) is 0 Å². The summed E-state index contributed by atoms with van der Waals surface area (Å²) >= 11 is 7.82. The van der Waals surface area contributed by atoms with Gasteiger partial charge in [0.15, 0.2) is 17.5 Å². The fraction of sp³-hybridized carbons (Fsp3) is 0.407. The van der Waals surface area contributed by atoms with Crippen LogP contribution in [0.1, 0.15) is 57.3 Å². The van der Waals surface area contributed by atoms with E-state index in [1.807, 2.05) is 13.8 Å². The Morgan fingerprint density at radius 2 is 1.84 bits per heavy atom. The molecule has 0 radical (unpaired) electrons. The molecule has 0 saturated heterocycles. The van der Waals surface area contributed by atoms with Crippen LogP contribution < -0.4 is 5.32 Å². The van der Waals surface area contributed by atoms with E-state index in [1.165, 1.54) is 30.0 Å². The summed E-state index contributed by atoms with van der Waals surface area (Å²) in [5.41, 5.74) is -1.27. The number of anilines is 1. The zero-order valence-corrected chi connectivity index (χ0v) is 22.7. The van der Waals surface area contributed by atoms with Gasteiger partial charge in [0.1, 0.15) is 0 Å². The molecule has 0 saturated carbocycles. The van der Waals surface area contributed by atoms with Crippen molar-refractivity contribution in [2.45, 2.75) is 62.7 Å². The van der Waals surface area contributed by atoms with Gasteiger partial charge in [-0.05, 0) is 56.9 Å². The van der Waals surface area contributed by atoms with Crippen molar-refractivity contribution >= 4 is 40.9 Å². The number of esters is 1. The normalized spacial score (nSPS) is 14.7. The highest BCUT2D eigenvalue weighted by molar-refractivity contribution is 8.00. The number of hydrogen-bond donors (Lipinski definition) is 2. The lowest BCUT2D eigenvalue weighted by Crippen LogP contribution is -2.29. The molecule has 37 heavy (non-hydrogen) atoms. The van der Waals surface area contributed by atoms with Crippen LogP contribution >= 0.6 is 23.4 Å². The number of rotatable bonds is 12. The van der Waals surface area contributed by atoms with Crippen molar-refractivity contribution in [3.05, 3.63) is 70.5 Å². The molecule has 3 atom stereocenters. The van der Waals surface area contributed by atoms with Gasteiger partial charge in [0.25, 0.3) is 5.91 Å². The van der Waals surface area contributed by atoms with Crippen LogP contribution in [0.2, 0.25) is 5.02 Å². The Kier molecular flexibility index (Phi) is 11.5. The van der Waals surface area contributed by atoms with E-state index in [-0.39, 0.29) is 29.0 Å². The van der Waals surface area contributed by atoms with Gasteiger partial charge in [0.2, 0.25) is 0 Å². The standard InChI is InChI=1S/C27H31ClF3NO4S/c1-5-7-18(15-27(4,35)11-10-24(33)36-6-2)16(3)37-23-12-17(8-9-20(23)28)26(34)32-19-13-21(29)25(31)22(30)14-19/h8-14,16,18,35H,5-7,15H2,1-4H3,(H,32,34)/b11-10+. The molecular formula is C27H31ClF3NO4S. The molecule has 0 aromatic heterocycles. The fourth-order valence-corrected chi connectivity index (χ4v) is 5.22. The molecule has 1 amide bonds. The number of carbonyl (C=O) groups is 2. The molecule has 0 aliphatic rings. The Hall–Kier alpha value is -2.49. The maximum absolute atomic E-state index is 13.5. The monoisotopic (exact) mass is 557 g/mol. The van der Waals surface area contributed by atoms with Crippen LogP contribution in [0, 0.1) is 23.4 Å². The Bertz CT molecular complexity index is 1120. The highest BCUT2D eigenvalue weighted by atomic mass is 35.5. The van der Waals surface area contributed by atoms with Crippen molar-refractivity contribution in [3.8, 4) is 0 Å². The minimum Gasteiger partial charge on any atom is -0.463 e. The second-order valence-corrected chi connectivity index (χ2v) is 10.7. The topological polar surface area (TPSA) is 75.6 Å². The van der Waals surface area contributed by atoms with Crippen molar-refractivity contribution in [3.63, 3.8) is 0 Å². The molecule has 5 nitrogen and oxygen atoms in total. The predicted octanol–water partition coefficient (Wildman–Crippen LogP) is 7.17. The molecule has 0 bridgehead atoms. The van der Waals surface area contributed by atoms with E-state index < -0.39 is 34.9 Å². The predicted molar refractivity (Wildman–Crippen MR) is 140 cm³/mol. The zero-order valence-electron chi connectivity index (χ0n) is 21.1. The Morgan fingerprint density at radius 3 is 2.43 bits per heavy atom. The van der Waals surface area contributed by atoms with Crippen LogP contribution in [0.5, 0.6) is 0 Å². The number of carbonyl (C=O) groups excluding carboxylic acids is 2. The fourth-order valence-electron chi connectivity index (χ4n) is 3.77. The third-order valence-corrected chi connectivity index (χ3v) is 7.40. The first-order chi connectivity index (χ1) is 17.4. The molecule has 2 aromatic carbocycles. The number of thioether (sulfide) groups is 1. The van der Waals surface area contributed by atoms with E-state index >= 15 is 0 Å². The summed E-state index contributed by atoms with van der Waals surface area (Å²) in [5, 5.41) is 13.6. The first-order valence-corrected chi connectivity index (χ1v) is 13.1. The number of ether oxygens (including phenoxy) is 1. The number of aliphatic hydroxyl groups is 1. The van der Waals surface area contributed by atoms with Crippen LogP contribution in [-0.4, -0.2) is 34.4 Å². The van der Waals surface area contributed by atoms with Gasteiger partial charge in [-0.3, -0.25) is 4.79 Å². The Labute approximate surface area is 224 Å². The summed E-state index contributed by atoms with van der Waals surface area (Å²) < 4.78 is 45.1. The SMILES string of the molecule is CCCC(CC(C)(O)/C=C/C(=O)OCC)C(C)Sc1cc(C(=O)Nc2cc(F)c(F)c(F)c2)ccc1Cl. The molecule has 2 aromatic rings. The summed E-state index contributed by atoms with van der Waals surface area (Å²) in [5.74, 6) is -5.57. The molecule has 10 heteroatoms. The van der Waals surface area contributed by atoms with E-state index in [4.69, 9.17) is 16.3 Å². The highest BCUT2D eigenvalue weighted by Gasteiger charge is 2.28. The molecule has 3 unspecified atom stereocenters. The molecule has 0 heterocycles. The van der Waals surface area contributed by atoms with Crippen molar-refractivity contribution in [1.29, 1.82) is 0 Å². The number of nitrogens with one attached hydrogen (secondary N) is 1. The third kappa shape index (κ3) is 9.39. The largest absolute Gasteiger partial charge is 0.463 e. The average Bonchev–Trinajstić information content (AvgIpc) is 2.82. The van der Waals surface area contributed by atoms with Gasteiger partial charge < -0.3 is 15.2 Å². The lowest BCUT2D eigenvalue weighted by molar-refractivity contribution is -0.137. The van der Waals surface area contributed by atoms with Gasteiger partial charge in [-0.1, -0.05) is 31.9 Å². The molecule has 202 valence electrons. The van der Waals surface area contributed by atoms with E-state index in [1.54, 1.807) is 26.0 Å². The smallest absolute Gasteiger partial charge is 0.330 e. The Balaban J connectivity index is 2.17. The van der Waals surface area contributed by atoms with Gasteiger partial charge in [-0.15, -0.1) is 11.8 Å². The summed E-state index contributed by atoms with van der Waals surface area (Å²) in [4.78, 5) is 24.9. The van der Waals surface area contributed by atoms with Crippen molar-refractivity contribution in [2.24, 2.45) is 5.92 Å². The van der Waals surface area contributed by atoms with E-state index in [0.29, 0.717) is 28.5 Å². The maximum atomic E-state index is 13.5. The lowest BCUT2D eigenvalue weighted by atomic mass is 9.86. The summed E-state index contributed by atoms with van der Waals surface area (Å²) in [6.45, 7) is 7.59. The van der Waals surface area contributed by atoms with Gasteiger partial charge in [0, 0.05) is 39.6 Å². The van der Waals surface area contributed by atoms with Crippen LogP contribution in [0.4, 0.5) is 18.9 Å². The van der Waals surface area contributed by atoms with Crippen LogP contribution in [0.25, 0.3) is 0 Å². The quantitative estimate of drug-likeness (QED) is 0.125. The maximum Gasteiger partial charge on any atom is 0.330 e. The van der Waals surface area contributed by atoms with Crippen molar-refractivity contribution in [2.75, 3.05) is 11.9 Å². The highest BCUT2D eigenvalue weighted by Crippen LogP contribution is 2.38. The van der Waals surface area contributed by atoms with Crippen LogP contribution in [-0.2, 0) is 9.53 Å². The van der Waals surface area contributed by atoms with Crippen LogP contribution in [0.15, 0.2) is 47.4 Å². The summed E-state index contributed by atoms with van der Waals surface area (Å²) in [7, 11) is 0. The summed E-state index contributed by atoms with van der Waals surface area (Å²) in [6.07, 6.45) is 4.71. The molecule has 0 aliphatic heterocycles. The van der Waals surface area contributed by atoms with Crippen LogP contribution in [0.3, 0.4) is 0 Å². The minimum absolute atomic E-state index is 0.0291. The molecule has 0 spiro atoms. The third-order valence-electron chi connectivity index (χ3n) is 5.61. The molecule has 0 fully saturated rings. The van der Waals surface area contributed by atoms with E-state index in [2.05, 4.69) is 5.32 Å². The second-order valence-electron chi connectivity index (χ2n) is 8.87. The average molecular weight is 558 g/mol. The lowest BCUT2D eigenvalue weighted by Gasteiger charge is -2.30. The number of halogens is 4. The molecule has 2 N–H and O–H groups in total. The number of hydrogen-bond acceptors (Lipinski definition) is 5. The minimum atomic E-state index is -1.62. The van der Waals surface area contributed by atoms with Gasteiger partial charge >= 0.3 is 5.97 Å². The van der Waals surface area contributed by atoms with Gasteiger partial charge in [-0.25, -0.2) is 18.0 Å². The molecule has 0 aliphatic carbocycles. The zero-order chi connectivity index (χ0) is 27.8. The Morgan fingerprint density at radius 1 is 1.19 bits per heavy atom. The van der Waals surface area contributed by atoms with Gasteiger partial charge in [0.05, 0.1) is 17.2 Å². The van der Waals surface area contributed by atoms with E-state index in [0.717, 1.165) is 12.8 Å². The van der Waals surface area contributed by atoms with E-state index in [9.17, 15) is 27.9 Å². The first kappa shape index (κ1) is 30.7. The molecular weight excluding hydrogens is 527 g/mol. The first-order valence-electron chi connectivity index (χ1n) is 11.9. The number of benzene rings is 2. The second kappa shape index (κ2) is 13.9.